The molecule has 17 heavy (non-hydrogen) atoms. The van der Waals surface area contributed by atoms with E-state index in [1.165, 1.54) is 6.07 Å². The van der Waals surface area contributed by atoms with Gasteiger partial charge in [-0.2, -0.15) is 16.7 Å². The molecule has 0 fully saturated rings. The number of aromatic nitrogens is 2. The van der Waals surface area contributed by atoms with Gasteiger partial charge in [-0.25, -0.2) is 4.39 Å². The highest BCUT2D eigenvalue weighted by Gasteiger charge is 2.15. The molecule has 0 aliphatic carbocycles. The topological polar surface area (TPSA) is 64.9 Å². The Morgan fingerprint density at radius 2 is 2.29 bits per heavy atom. The van der Waals surface area contributed by atoms with E-state index in [1.807, 2.05) is 6.92 Å². The second-order valence-corrected chi connectivity index (χ2v) is 4.63. The summed E-state index contributed by atoms with van der Waals surface area (Å²) in [6.07, 6.45) is 0. The number of benzene rings is 1. The molecule has 0 saturated heterocycles. The van der Waals surface area contributed by atoms with Gasteiger partial charge < -0.3 is 10.3 Å². The van der Waals surface area contributed by atoms with Gasteiger partial charge in [-0.05, 0) is 17.9 Å². The summed E-state index contributed by atoms with van der Waals surface area (Å²) in [5.74, 6) is 1.84. The standard InChI is InChI=1S/C11H12FN3OS/c1-2-17-6-9-14-11(16-15-9)10-7(12)4-3-5-8(10)13/h3-5H,2,6,13H2,1H3. The number of hydrogen-bond donors (Lipinski definition) is 1. The molecular formula is C11H12FN3OS. The van der Waals surface area contributed by atoms with Crippen molar-refractivity contribution >= 4 is 17.4 Å². The van der Waals surface area contributed by atoms with Crippen molar-refractivity contribution in [2.75, 3.05) is 11.5 Å². The molecule has 4 nitrogen and oxygen atoms in total. The minimum Gasteiger partial charge on any atom is -0.398 e. The van der Waals surface area contributed by atoms with E-state index in [0.717, 1.165) is 5.75 Å². The minimum absolute atomic E-state index is 0.132. The molecule has 6 heteroatoms. The summed E-state index contributed by atoms with van der Waals surface area (Å²) in [5.41, 5.74) is 6.16. The Bertz CT molecular complexity index is 495. The van der Waals surface area contributed by atoms with E-state index in [4.69, 9.17) is 10.3 Å². The molecule has 0 unspecified atom stereocenters. The fraction of sp³-hybridized carbons (Fsp3) is 0.273. The van der Waals surface area contributed by atoms with Crippen LogP contribution in [-0.2, 0) is 5.75 Å². The first-order chi connectivity index (χ1) is 8.22. The smallest absolute Gasteiger partial charge is 0.263 e. The van der Waals surface area contributed by atoms with Crippen LogP contribution < -0.4 is 5.73 Å². The molecule has 0 spiro atoms. The van der Waals surface area contributed by atoms with Crippen LogP contribution in [-0.4, -0.2) is 15.9 Å². The highest BCUT2D eigenvalue weighted by molar-refractivity contribution is 7.98. The average Bonchev–Trinajstić information content (AvgIpc) is 2.75. The summed E-state index contributed by atoms with van der Waals surface area (Å²) in [6, 6.07) is 4.46. The molecule has 0 saturated carbocycles. The normalized spacial score (nSPS) is 10.7. The summed E-state index contributed by atoms with van der Waals surface area (Å²) < 4.78 is 18.6. The zero-order valence-corrected chi connectivity index (χ0v) is 10.1. The van der Waals surface area contributed by atoms with Gasteiger partial charge in [-0.1, -0.05) is 18.1 Å². The maximum Gasteiger partial charge on any atom is 0.263 e. The molecule has 0 atom stereocenters. The van der Waals surface area contributed by atoms with Crippen LogP contribution in [0.15, 0.2) is 22.7 Å². The van der Waals surface area contributed by atoms with Crippen LogP contribution in [0.3, 0.4) is 0 Å². The van der Waals surface area contributed by atoms with Gasteiger partial charge in [0.05, 0.1) is 11.3 Å². The molecule has 2 N–H and O–H groups in total. The van der Waals surface area contributed by atoms with Crippen LogP contribution in [0.5, 0.6) is 0 Å². The van der Waals surface area contributed by atoms with Crippen LogP contribution in [0, 0.1) is 5.82 Å². The summed E-state index contributed by atoms with van der Waals surface area (Å²) in [5, 5.41) is 3.78. The van der Waals surface area contributed by atoms with Crippen molar-refractivity contribution < 1.29 is 8.91 Å². The lowest BCUT2D eigenvalue weighted by atomic mass is 10.1. The van der Waals surface area contributed by atoms with E-state index in [-0.39, 0.29) is 11.5 Å². The van der Waals surface area contributed by atoms with Gasteiger partial charge in [0.15, 0.2) is 5.82 Å². The number of nitrogen functional groups attached to an aromatic ring is 1. The molecule has 2 rings (SSSR count). The maximum absolute atomic E-state index is 13.6. The monoisotopic (exact) mass is 253 g/mol. The molecule has 90 valence electrons. The Labute approximate surface area is 102 Å². The van der Waals surface area contributed by atoms with Crippen LogP contribution >= 0.6 is 11.8 Å². The lowest BCUT2D eigenvalue weighted by molar-refractivity contribution is 0.423. The van der Waals surface area contributed by atoms with Gasteiger partial charge in [0.1, 0.15) is 5.82 Å². The number of anilines is 1. The van der Waals surface area contributed by atoms with Gasteiger partial charge in [0.25, 0.3) is 5.89 Å². The zero-order chi connectivity index (χ0) is 12.3. The first kappa shape index (κ1) is 11.9. The number of nitrogens with two attached hydrogens (primary N) is 1. The molecule has 0 aliphatic heterocycles. The SMILES string of the molecule is CCSCc1noc(-c2c(N)cccc2F)n1. The highest BCUT2D eigenvalue weighted by Crippen LogP contribution is 2.27. The second kappa shape index (κ2) is 5.18. The zero-order valence-electron chi connectivity index (χ0n) is 9.31. The van der Waals surface area contributed by atoms with Crippen molar-refractivity contribution in [2.45, 2.75) is 12.7 Å². The van der Waals surface area contributed by atoms with Gasteiger partial charge in [-0.3, -0.25) is 0 Å². The van der Waals surface area contributed by atoms with E-state index in [0.29, 0.717) is 17.3 Å². The van der Waals surface area contributed by atoms with Gasteiger partial charge >= 0.3 is 0 Å². The van der Waals surface area contributed by atoms with E-state index in [2.05, 4.69) is 10.1 Å². The Morgan fingerprint density at radius 1 is 1.47 bits per heavy atom. The molecule has 1 aromatic heterocycles. The maximum atomic E-state index is 13.6. The molecule has 1 heterocycles. The Morgan fingerprint density at radius 3 is 3.00 bits per heavy atom. The van der Waals surface area contributed by atoms with Crippen LogP contribution in [0.25, 0.3) is 11.5 Å². The molecular weight excluding hydrogens is 241 g/mol. The largest absolute Gasteiger partial charge is 0.398 e. The van der Waals surface area contributed by atoms with Crippen molar-refractivity contribution in [1.82, 2.24) is 10.1 Å². The highest BCUT2D eigenvalue weighted by atomic mass is 32.2. The number of halogens is 1. The number of nitrogens with zero attached hydrogens (tertiary/aromatic N) is 2. The lowest BCUT2D eigenvalue weighted by Gasteiger charge is -2.00. The lowest BCUT2D eigenvalue weighted by Crippen LogP contribution is -1.93. The third kappa shape index (κ3) is 2.58. The van der Waals surface area contributed by atoms with Crippen molar-refractivity contribution in [3.05, 3.63) is 29.8 Å². The van der Waals surface area contributed by atoms with Crippen molar-refractivity contribution in [1.29, 1.82) is 0 Å². The van der Waals surface area contributed by atoms with E-state index < -0.39 is 5.82 Å². The van der Waals surface area contributed by atoms with Crippen LogP contribution in [0.1, 0.15) is 12.7 Å². The Kier molecular flexibility index (Phi) is 3.63. The predicted molar refractivity (Wildman–Crippen MR) is 65.9 cm³/mol. The molecule has 2 aromatic rings. The minimum atomic E-state index is -0.455. The van der Waals surface area contributed by atoms with Crippen molar-refractivity contribution in [3.8, 4) is 11.5 Å². The van der Waals surface area contributed by atoms with E-state index in [9.17, 15) is 4.39 Å². The Hall–Kier alpha value is -1.56. The second-order valence-electron chi connectivity index (χ2n) is 3.36. The molecule has 0 radical (unpaired) electrons. The first-order valence-electron chi connectivity index (χ1n) is 5.17. The molecule has 0 amide bonds. The average molecular weight is 253 g/mol. The van der Waals surface area contributed by atoms with Crippen molar-refractivity contribution in [2.24, 2.45) is 0 Å². The van der Waals surface area contributed by atoms with Crippen LogP contribution in [0.2, 0.25) is 0 Å². The predicted octanol–water partition coefficient (Wildman–Crippen LogP) is 2.71. The summed E-state index contributed by atoms with van der Waals surface area (Å²) in [6.45, 7) is 2.04. The summed E-state index contributed by atoms with van der Waals surface area (Å²) >= 11 is 1.67. The summed E-state index contributed by atoms with van der Waals surface area (Å²) in [4.78, 5) is 4.12. The summed E-state index contributed by atoms with van der Waals surface area (Å²) in [7, 11) is 0. The quantitative estimate of drug-likeness (QED) is 0.849. The number of rotatable bonds is 4. The van der Waals surface area contributed by atoms with E-state index in [1.54, 1.807) is 23.9 Å². The first-order valence-corrected chi connectivity index (χ1v) is 6.32. The number of thioether (sulfide) groups is 1. The van der Waals surface area contributed by atoms with E-state index >= 15 is 0 Å². The molecule has 0 aliphatic rings. The number of hydrogen-bond acceptors (Lipinski definition) is 5. The van der Waals surface area contributed by atoms with Gasteiger partial charge in [0, 0.05) is 5.69 Å². The van der Waals surface area contributed by atoms with Crippen LogP contribution in [0.4, 0.5) is 10.1 Å². The fourth-order valence-electron chi connectivity index (χ4n) is 1.37. The Balaban J connectivity index is 2.30. The third-order valence-electron chi connectivity index (χ3n) is 2.16. The molecule has 1 aromatic carbocycles. The molecule has 0 bridgehead atoms. The fourth-order valence-corrected chi connectivity index (χ4v) is 1.88. The third-order valence-corrected chi connectivity index (χ3v) is 3.03. The van der Waals surface area contributed by atoms with Crippen molar-refractivity contribution in [3.63, 3.8) is 0 Å². The van der Waals surface area contributed by atoms with Gasteiger partial charge in [-0.15, -0.1) is 0 Å². The van der Waals surface area contributed by atoms with Gasteiger partial charge in [0.2, 0.25) is 0 Å².